The van der Waals surface area contributed by atoms with Crippen LogP contribution < -0.4 is 0 Å². The first-order chi connectivity index (χ1) is 6.15. The summed E-state index contributed by atoms with van der Waals surface area (Å²) >= 11 is 0. The van der Waals surface area contributed by atoms with Crippen LogP contribution in [0.15, 0.2) is 0 Å². The Bertz CT molecular complexity index is 177. The van der Waals surface area contributed by atoms with Crippen LogP contribution in [-0.4, -0.2) is 18.4 Å². The van der Waals surface area contributed by atoms with Crippen molar-refractivity contribution >= 4 is 5.97 Å². The van der Waals surface area contributed by atoms with E-state index in [1.165, 1.54) is 0 Å². The lowest BCUT2D eigenvalue weighted by molar-refractivity contribution is -0.146. The molecule has 0 amide bonds. The summed E-state index contributed by atoms with van der Waals surface area (Å²) in [7, 11) is 0. The first-order valence-corrected chi connectivity index (χ1v) is 5.01. The Balaban J connectivity index is 2.37. The van der Waals surface area contributed by atoms with Crippen LogP contribution in [0.1, 0.15) is 40.0 Å². The zero-order chi connectivity index (χ0) is 9.84. The van der Waals surface area contributed by atoms with Gasteiger partial charge in [0.15, 0.2) is 6.10 Å². The van der Waals surface area contributed by atoms with Gasteiger partial charge < -0.3 is 9.47 Å². The van der Waals surface area contributed by atoms with Crippen LogP contribution in [0.5, 0.6) is 0 Å². The Hall–Kier alpha value is -0.570. The third kappa shape index (κ3) is 2.69. The minimum Gasteiger partial charge on any atom is -0.434 e. The lowest BCUT2D eigenvalue weighted by atomic mass is 10.2. The SMILES string of the molecule is CCCC[C@H]1O[C@@H](C(C)C)OC1=O. The zero-order valence-electron chi connectivity index (χ0n) is 8.58. The van der Waals surface area contributed by atoms with Gasteiger partial charge in [0.1, 0.15) is 0 Å². The molecule has 0 aliphatic carbocycles. The quantitative estimate of drug-likeness (QED) is 0.631. The van der Waals surface area contributed by atoms with E-state index in [0.29, 0.717) is 0 Å². The standard InChI is InChI=1S/C10H18O3/c1-4-5-6-8-9(11)13-10(12-8)7(2)3/h7-8,10H,4-6H2,1-3H3/t8-,10-/m1/s1. The van der Waals surface area contributed by atoms with Crippen molar-refractivity contribution in [2.45, 2.75) is 52.4 Å². The lowest BCUT2D eigenvalue weighted by Crippen LogP contribution is -2.17. The van der Waals surface area contributed by atoms with E-state index in [-0.39, 0.29) is 24.3 Å². The molecule has 1 rings (SSSR count). The minimum atomic E-state index is -0.325. The molecule has 0 aromatic carbocycles. The predicted molar refractivity (Wildman–Crippen MR) is 49.1 cm³/mol. The van der Waals surface area contributed by atoms with Gasteiger partial charge in [-0.2, -0.15) is 0 Å². The van der Waals surface area contributed by atoms with Crippen molar-refractivity contribution in [3.8, 4) is 0 Å². The van der Waals surface area contributed by atoms with E-state index in [2.05, 4.69) is 6.92 Å². The van der Waals surface area contributed by atoms with Crippen LogP contribution in [0, 0.1) is 5.92 Å². The monoisotopic (exact) mass is 186 g/mol. The molecule has 0 aromatic rings. The maximum atomic E-state index is 11.2. The van der Waals surface area contributed by atoms with Gasteiger partial charge in [-0.1, -0.05) is 33.6 Å². The average molecular weight is 186 g/mol. The van der Waals surface area contributed by atoms with Crippen LogP contribution in [-0.2, 0) is 14.3 Å². The molecule has 1 saturated heterocycles. The van der Waals surface area contributed by atoms with Gasteiger partial charge in [-0.05, 0) is 6.42 Å². The summed E-state index contributed by atoms with van der Waals surface area (Å²) in [6.07, 6.45) is 2.25. The van der Waals surface area contributed by atoms with Crippen molar-refractivity contribution in [1.82, 2.24) is 0 Å². The highest BCUT2D eigenvalue weighted by Gasteiger charge is 2.35. The van der Waals surface area contributed by atoms with E-state index < -0.39 is 0 Å². The molecular formula is C10H18O3. The molecule has 3 nitrogen and oxygen atoms in total. The van der Waals surface area contributed by atoms with Crippen molar-refractivity contribution < 1.29 is 14.3 Å². The fourth-order valence-electron chi connectivity index (χ4n) is 1.30. The first-order valence-electron chi connectivity index (χ1n) is 5.01. The van der Waals surface area contributed by atoms with E-state index in [1.54, 1.807) is 0 Å². The highest BCUT2D eigenvalue weighted by atomic mass is 16.8. The maximum Gasteiger partial charge on any atom is 0.337 e. The van der Waals surface area contributed by atoms with Crippen LogP contribution in [0.2, 0.25) is 0 Å². The number of rotatable bonds is 4. The number of esters is 1. The van der Waals surface area contributed by atoms with Gasteiger partial charge in [-0.25, -0.2) is 4.79 Å². The maximum absolute atomic E-state index is 11.2. The molecule has 0 unspecified atom stereocenters. The van der Waals surface area contributed by atoms with Crippen molar-refractivity contribution in [3.05, 3.63) is 0 Å². The molecule has 76 valence electrons. The molecule has 1 heterocycles. The Labute approximate surface area is 79.4 Å². The molecule has 0 saturated carbocycles. The van der Waals surface area contributed by atoms with Crippen LogP contribution >= 0.6 is 0 Å². The first kappa shape index (κ1) is 10.5. The summed E-state index contributed by atoms with van der Waals surface area (Å²) in [5.74, 6) is 0.0581. The summed E-state index contributed by atoms with van der Waals surface area (Å²) in [4.78, 5) is 11.2. The largest absolute Gasteiger partial charge is 0.434 e. The molecule has 0 bridgehead atoms. The van der Waals surface area contributed by atoms with Crippen LogP contribution in [0.4, 0.5) is 0 Å². The molecule has 1 aliphatic heterocycles. The summed E-state index contributed by atoms with van der Waals surface area (Å²) < 4.78 is 10.5. The van der Waals surface area contributed by atoms with E-state index in [4.69, 9.17) is 9.47 Å². The van der Waals surface area contributed by atoms with E-state index >= 15 is 0 Å². The van der Waals surface area contributed by atoms with Gasteiger partial charge in [0.25, 0.3) is 0 Å². The zero-order valence-corrected chi connectivity index (χ0v) is 8.58. The van der Waals surface area contributed by atoms with Crippen LogP contribution in [0.25, 0.3) is 0 Å². The van der Waals surface area contributed by atoms with Gasteiger partial charge in [0.2, 0.25) is 6.29 Å². The third-order valence-electron chi connectivity index (χ3n) is 2.16. The molecular weight excluding hydrogens is 168 g/mol. The molecule has 0 aromatic heterocycles. The van der Waals surface area contributed by atoms with Crippen LogP contribution in [0.3, 0.4) is 0 Å². The van der Waals surface area contributed by atoms with Gasteiger partial charge >= 0.3 is 5.97 Å². The molecule has 0 radical (unpaired) electrons. The van der Waals surface area contributed by atoms with E-state index in [0.717, 1.165) is 19.3 Å². The molecule has 13 heavy (non-hydrogen) atoms. The fraction of sp³-hybridized carbons (Fsp3) is 0.900. The van der Waals surface area contributed by atoms with Gasteiger partial charge in [-0.3, -0.25) is 0 Å². The summed E-state index contributed by atoms with van der Waals surface area (Å²) in [5.41, 5.74) is 0. The van der Waals surface area contributed by atoms with Gasteiger partial charge in [0.05, 0.1) is 0 Å². The number of carbonyl (C=O) groups is 1. The molecule has 0 spiro atoms. The van der Waals surface area contributed by atoms with E-state index in [1.807, 2.05) is 13.8 Å². The Morgan fingerprint density at radius 1 is 1.46 bits per heavy atom. The number of hydrogen-bond donors (Lipinski definition) is 0. The number of unbranched alkanes of at least 4 members (excludes halogenated alkanes) is 1. The van der Waals surface area contributed by atoms with Crippen molar-refractivity contribution in [2.75, 3.05) is 0 Å². The summed E-state index contributed by atoms with van der Waals surface area (Å²) in [6, 6.07) is 0. The molecule has 1 aliphatic rings. The third-order valence-corrected chi connectivity index (χ3v) is 2.16. The van der Waals surface area contributed by atoms with Crippen molar-refractivity contribution in [3.63, 3.8) is 0 Å². The normalized spacial score (nSPS) is 28.2. The molecule has 1 fully saturated rings. The fourth-order valence-corrected chi connectivity index (χ4v) is 1.30. The molecule has 2 atom stereocenters. The summed E-state index contributed by atoms with van der Waals surface area (Å²) in [6.45, 7) is 6.07. The number of carbonyl (C=O) groups excluding carboxylic acids is 1. The number of ether oxygens (including phenoxy) is 2. The Kier molecular flexibility index (Phi) is 3.72. The molecule has 0 N–H and O–H groups in total. The second-order valence-electron chi connectivity index (χ2n) is 3.82. The van der Waals surface area contributed by atoms with Gasteiger partial charge in [-0.15, -0.1) is 0 Å². The van der Waals surface area contributed by atoms with Gasteiger partial charge in [0, 0.05) is 5.92 Å². The highest BCUT2D eigenvalue weighted by Crippen LogP contribution is 2.22. The van der Waals surface area contributed by atoms with Crippen molar-refractivity contribution in [2.24, 2.45) is 5.92 Å². The topological polar surface area (TPSA) is 35.5 Å². The average Bonchev–Trinajstić information content (AvgIpc) is 2.44. The minimum absolute atomic E-state index is 0.188. The number of hydrogen-bond acceptors (Lipinski definition) is 3. The second-order valence-corrected chi connectivity index (χ2v) is 3.82. The Morgan fingerprint density at radius 2 is 2.15 bits per heavy atom. The lowest BCUT2D eigenvalue weighted by Gasteiger charge is -2.12. The smallest absolute Gasteiger partial charge is 0.337 e. The summed E-state index contributed by atoms with van der Waals surface area (Å²) in [5, 5.41) is 0. The van der Waals surface area contributed by atoms with E-state index in [9.17, 15) is 4.79 Å². The highest BCUT2D eigenvalue weighted by molar-refractivity contribution is 5.76. The number of cyclic esters (lactones) is 1. The second kappa shape index (κ2) is 4.61. The van der Waals surface area contributed by atoms with Crippen molar-refractivity contribution in [1.29, 1.82) is 0 Å². The predicted octanol–water partition coefficient (Wildman–Crippen LogP) is 2.10. The molecule has 3 heteroatoms. The Morgan fingerprint density at radius 3 is 2.62 bits per heavy atom.